The molecule has 336 valence electrons. The number of allylic oxidation sites excluding steroid dienone is 4. The average molecular weight is 803 g/mol. The number of aliphatic hydroxyl groups excluding tert-OH is 1. The Morgan fingerprint density at radius 2 is 0.702 bits per heavy atom. The summed E-state index contributed by atoms with van der Waals surface area (Å²) < 4.78 is 10.6. The van der Waals surface area contributed by atoms with E-state index in [1.807, 2.05) is 0 Å². The van der Waals surface area contributed by atoms with Gasteiger partial charge >= 0.3 is 11.9 Å². The summed E-state index contributed by atoms with van der Waals surface area (Å²) in [6, 6.07) is 0. The van der Waals surface area contributed by atoms with Crippen molar-refractivity contribution in [3.8, 4) is 0 Å². The van der Waals surface area contributed by atoms with Crippen LogP contribution in [0.5, 0.6) is 0 Å². The number of esters is 2. The fourth-order valence-corrected chi connectivity index (χ4v) is 7.65. The Bertz CT molecular complexity index is 867. The minimum Gasteiger partial charge on any atom is -0.462 e. The Morgan fingerprint density at radius 3 is 1.04 bits per heavy atom. The van der Waals surface area contributed by atoms with Gasteiger partial charge in [0.25, 0.3) is 0 Å². The van der Waals surface area contributed by atoms with Gasteiger partial charge in [0.2, 0.25) is 0 Å². The molecule has 0 heterocycles. The van der Waals surface area contributed by atoms with Gasteiger partial charge in [0.15, 0.2) is 6.10 Å². The summed E-state index contributed by atoms with van der Waals surface area (Å²) >= 11 is 0. The average Bonchev–Trinajstić information content (AvgIpc) is 3.21. The predicted molar refractivity (Wildman–Crippen MR) is 247 cm³/mol. The van der Waals surface area contributed by atoms with E-state index in [4.69, 9.17) is 9.47 Å². The molecular weight excluding hydrogens is 705 g/mol. The number of hydrogen-bond acceptors (Lipinski definition) is 5. The number of carbonyl (C=O) groups excluding carboxylic acids is 2. The van der Waals surface area contributed by atoms with Crippen LogP contribution in [0, 0.1) is 0 Å². The number of carbonyl (C=O) groups is 2. The Balaban J connectivity index is 3.37. The Hall–Kier alpha value is -1.62. The van der Waals surface area contributed by atoms with Crippen molar-refractivity contribution in [2.24, 2.45) is 0 Å². The van der Waals surface area contributed by atoms with Gasteiger partial charge in [-0.2, -0.15) is 0 Å². The third kappa shape index (κ3) is 46.9. The fraction of sp³-hybridized carbons (Fsp3) is 0.885. The highest BCUT2D eigenvalue weighted by molar-refractivity contribution is 5.70. The van der Waals surface area contributed by atoms with Crippen LogP contribution in [0.4, 0.5) is 0 Å². The highest BCUT2D eigenvalue weighted by Gasteiger charge is 2.16. The molecule has 0 radical (unpaired) electrons. The first kappa shape index (κ1) is 55.4. The number of rotatable bonds is 47. The van der Waals surface area contributed by atoms with E-state index in [9.17, 15) is 14.7 Å². The minimum atomic E-state index is -0.764. The Labute approximate surface area is 355 Å². The number of ether oxygens (including phenoxy) is 2. The molecule has 0 amide bonds. The molecule has 0 spiro atoms. The predicted octanol–water partition coefficient (Wildman–Crippen LogP) is 16.6. The molecule has 0 aliphatic carbocycles. The summed E-state index contributed by atoms with van der Waals surface area (Å²) in [7, 11) is 0. The fourth-order valence-electron chi connectivity index (χ4n) is 7.65. The third-order valence-electron chi connectivity index (χ3n) is 11.5. The third-order valence-corrected chi connectivity index (χ3v) is 11.5. The molecule has 0 saturated heterocycles. The van der Waals surface area contributed by atoms with Crippen LogP contribution >= 0.6 is 0 Å². The molecule has 0 rings (SSSR count). The second kappa shape index (κ2) is 48.7. The van der Waals surface area contributed by atoms with Gasteiger partial charge in [0.1, 0.15) is 6.61 Å². The topological polar surface area (TPSA) is 72.8 Å². The molecule has 0 aromatic rings. The van der Waals surface area contributed by atoms with Crippen molar-refractivity contribution in [2.45, 2.75) is 283 Å². The number of unbranched alkanes of at least 4 members (excludes halogenated alkanes) is 35. The largest absolute Gasteiger partial charge is 0.462 e. The van der Waals surface area contributed by atoms with Crippen LogP contribution in [0.2, 0.25) is 0 Å². The first-order valence-electron chi connectivity index (χ1n) is 25.4. The highest BCUT2D eigenvalue weighted by atomic mass is 16.6. The molecule has 0 fully saturated rings. The molecule has 0 aliphatic rings. The molecule has 5 nitrogen and oxygen atoms in total. The summed E-state index contributed by atoms with van der Waals surface area (Å²) in [6.07, 6.45) is 60.1. The van der Waals surface area contributed by atoms with E-state index in [1.165, 1.54) is 205 Å². The molecular formula is C52H98O5. The van der Waals surface area contributed by atoms with Gasteiger partial charge in [-0.05, 0) is 44.9 Å². The van der Waals surface area contributed by atoms with Crippen molar-refractivity contribution in [3.05, 3.63) is 24.3 Å². The Kier molecular flexibility index (Phi) is 47.4. The van der Waals surface area contributed by atoms with E-state index < -0.39 is 6.10 Å². The first-order chi connectivity index (χ1) is 28.1. The maximum absolute atomic E-state index is 12.2. The summed E-state index contributed by atoms with van der Waals surface area (Å²) in [5, 5.41) is 9.58. The summed E-state index contributed by atoms with van der Waals surface area (Å²) in [6.45, 7) is 4.14. The second-order valence-electron chi connectivity index (χ2n) is 17.3. The van der Waals surface area contributed by atoms with Gasteiger partial charge in [-0.3, -0.25) is 9.59 Å². The van der Waals surface area contributed by atoms with E-state index in [0.29, 0.717) is 12.8 Å². The maximum Gasteiger partial charge on any atom is 0.306 e. The molecule has 1 unspecified atom stereocenters. The monoisotopic (exact) mass is 803 g/mol. The minimum absolute atomic E-state index is 0.0593. The van der Waals surface area contributed by atoms with Crippen LogP contribution in [-0.4, -0.2) is 36.4 Å². The van der Waals surface area contributed by atoms with Crippen molar-refractivity contribution >= 4 is 11.9 Å². The van der Waals surface area contributed by atoms with Crippen molar-refractivity contribution < 1.29 is 24.2 Å². The first-order valence-corrected chi connectivity index (χ1v) is 25.4. The molecule has 57 heavy (non-hydrogen) atoms. The molecule has 0 bridgehead atoms. The van der Waals surface area contributed by atoms with Crippen LogP contribution in [0.3, 0.4) is 0 Å². The quantitative estimate of drug-likeness (QED) is 0.0377. The second-order valence-corrected chi connectivity index (χ2v) is 17.3. The van der Waals surface area contributed by atoms with Crippen molar-refractivity contribution in [1.82, 2.24) is 0 Å². The van der Waals surface area contributed by atoms with Crippen LogP contribution in [0.1, 0.15) is 277 Å². The van der Waals surface area contributed by atoms with E-state index in [2.05, 4.69) is 38.2 Å². The van der Waals surface area contributed by atoms with Gasteiger partial charge in [-0.1, -0.05) is 244 Å². The lowest BCUT2D eigenvalue weighted by Crippen LogP contribution is -2.28. The lowest BCUT2D eigenvalue weighted by molar-refractivity contribution is -0.161. The molecule has 0 aromatic carbocycles. The molecule has 5 heteroatoms. The summed E-state index contributed by atoms with van der Waals surface area (Å²) in [4.78, 5) is 24.3. The lowest BCUT2D eigenvalue weighted by atomic mass is 10.0. The SMILES string of the molecule is CCCCCCC/C=C\C/C=C\CCCCCCCCCCCCCCCCCCCCCCCC(=O)OC(CO)COC(=O)CCCCCCCCCCCC. The van der Waals surface area contributed by atoms with E-state index >= 15 is 0 Å². The summed E-state index contributed by atoms with van der Waals surface area (Å²) in [5.41, 5.74) is 0. The van der Waals surface area contributed by atoms with Gasteiger partial charge in [0.05, 0.1) is 6.61 Å². The van der Waals surface area contributed by atoms with Gasteiger partial charge in [-0.15, -0.1) is 0 Å². The Morgan fingerprint density at radius 1 is 0.404 bits per heavy atom. The standard InChI is InChI=1S/C52H98O5/c1-3-5-7-9-11-13-15-16-17-18-19-20-21-22-23-24-25-26-27-28-29-30-31-32-33-34-35-36-37-39-41-43-45-47-52(55)57-50(48-53)49-56-51(54)46-44-42-40-38-14-12-10-8-6-4-2/h15-16,18-19,50,53H,3-14,17,20-49H2,1-2H3/b16-15-,19-18-. The van der Waals surface area contributed by atoms with Gasteiger partial charge in [-0.25, -0.2) is 0 Å². The highest BCUT2D eigenvalue weighted by Crippen LogP contribution is 2.17. The molecule has 0 saturated carbocycles. The van der Waals surface area contributed by atoms with Gasteiger partial charge in [0, 0.05) is 12.8 Å². The van der Waals surface area contributed by atoms with Crippen molar-refractivity contribution in [3.63, 3.8) is 0 Å². The van der Waals surface area contributed by atoms with Gasteiger partial charge < -0.3 is 14.6 Å². The van der Waals surface area contributed by atoms with Crippen LogP contribution in [-0.2, 0) is 19.1 Å². The number of aliphatic hydroxyl groups is 1. The maximum atomic E-state index is 12.2. The molecule has 1 atom stereocenters. The van der Waals surface area contributed by atoms with E-state index in [-0.39, 0.29) is 25.2 Å². The number of hydrogen-bond donors (Lipinski definition) is 1. The molecule has 0 aliphatic heterocycles. The zero-order valence-corrected chi connectivity index (χ0v) is 38.4. The lowest BCUT2D eigenvalue weighted by Gasteiger charge is -2.15. The van der Waals surface area contributed by atoms with Crippen LogP contribution in [0.15, 0.2) is 24.3 Å². The smallest absolute Gasteiger partial charge is 0.306 e. The van der Waals surface area contributed by atoms with Crippen LogP contribution < -0.4 is 0 Å². The van der Waals surface area contributed by atoms with Crippen LogP contribution in [0.25, 0.3) is 0 Å². The normalized spacial score (nSPS) is 12.3. The molecule has 1 N–H and O–H groups in total. The zero-order valence-electron chi connectivity index (χ0n) is 38.4. The van der Waals surface area contributed by atoms with Crippen molar-refractivity contribution in [2.75, 3.05) is 13.2 Å². The van der Waals surface area contributed by atoms with E-state index in [1.54, 1.807) is 0 Å². The van der Waals surface area contributed by atoms with Crippen molar-refractivity contribution in [1.29, 1.82) is 0 Å². The van der Waals surface area contributed by atoms with E-state index in [0.717, 1.165) is 44.9 Å². The molecule has 0 aromatic heterocycles. The summed E-state index contributed by atoms with van der Waals surface area (Å²) in [5.74, 6) is -0.578. The zero-order chi connectivity index (χ0) is 41.4.